The molecule has 0 aliphatic heterocycles. The van der Waals surface area contributed by atoms with E-state index < -0.39 is 58.6 Å². The van der Waals surface area contributed by atoms with Crippen molar-refractivity contribution < 1.29 is 39.9 Å². The van der Waals surface area contributed by atoms with Crippen LogP contribution >= 0.6 is 0 Å². The van der Waals surface area contributed by atoms with Gasteiger partial charge in [0.2, 0.25) is 0 Å². The molecule has 1 amide bonds. The molecule has 0 unspecified atom stereocenters. The second-order valence-electron chi connectivity index (χ2n) is 6.72. The summed E-state index contributed by atoms with van der Waals surface area (Å²) >= 11 is 0. The lowest BCUT2D eigenvalue weighted by atomic mass is 9.96. The minimum atomic E-state index is -4.88. The minimum absolute atomic E-state index is 0.0256. The quantitative estimate of drug-likeness (QED) is 0.493. The molecule has 0 radical (unpaired) electrons. The van der Waals surface area contributed by atoms with Gasteiger partial charge in [0, 0.05) is 11.3 Å². The Morgan fingerprint density at radius 1 is 0.844 bits per heavy atom. The van der Waals surface area contributed by atoms with Gasteiger partial charge in [-0.1, -0.05) is 30.4 Å². The second-order valence-corrected chi connectivity index (χ2v) is 6.72. The van der Waals surface area contributed by atoms with Crippen LogP contribution in [0.1, 0.15) is 22.3 Å². The fourth-order valence-electron chi connectivity index (χ4n) is 3.05. The van der Waals surface area contributed by atoms with Crippen LogP contribution in [0.15, 0.2) is 71.8 Å². The van der Waals surface area contributed by atoms with E-state index in [-0.39, 0.29) is 11.3 Å². The third-order valence-corrected chi connectivity index (χ3v) is 4.56. The lowest BCUT2D eigenvalue weighted by Crippen LogP contribution is -2.16. The van der Waals surface area contributed by atoms with Crippen LogP contribution in [0.25, 0.3) is 5.57 Å². The van der Waals surface area contributed by atoms with Crippen LogP contribution in [0.2, 0.25) is 0 Å². The topological polar surface area (TPSA) is 29.1 Å². The summed E-state index contributed by atoms with van der Waals surface area (Å²) in [7, 11) is 0. The van der Waals surface area contributed by atoms with E-state index in [9.17, 15) is 39.9 Å². The number of halogens is 8. The van der Waals surface area contributed by atoms with Gasteiger partial charge in [-0.2, -0.15) is 26.3 Å². The van der Waals surface area contributed by atoms with Gasteiger partial charge in [-0.15, -0.1) is 0 Å². The lowest BCUT2D eigenvalue weighted by molar-refractivity contribution is -0.0925. The molecule has 0 aromatic heterocycles. The number of hydrogen-bond acceptors (Lipinski definition) is 1. The number of hydrogen-bond donors (Lipinski definition) is 1. The summed E-state index contributed by atoms with van der Waals surface area (Å²) in [6, 6.07) is 7.19. The number of alkyl halides is 6. The van der Waals surface area contributed by atoms with E-state index in [1.54, 1.807) is 0 Å². The van der Waals surface area contributed by atoms with E-state index in [4.69, 9.17) is 0 Å². The van der Waals surface area contributed by atoms with E-state index in [1.165, 1.54) is 0 Å². The molecule has 2 aromatic carbocycles. The maximum Gasteiger partial charge on any atom is 0.416 e. The van der Waals surface area contributed by atoms with Crippen molar-refractivity contribution in [1.82, 2.24) is 0 Å². The first-order chi connectivity index (χ1) is 14.9. The maximum atomic E-state index is 13.7. The molecule has 2 nitrogen and oxygen atoms in total. The van der Waals surface area contributed by atoms with E-state index in [2.05, 4.69) is 5.32 Å². The molecule has 168 valence electrons. The van der Waals surface area contributed by atoms with Gasteiger partial charge in [-0.25, -0.2) is 8.78 Å². The van der Waals surface area contributed by atoms with Crippen LogP contribution in [-0.2, 0) is 0 Å². The van der Waals surface area contributed by atoms with Gasteiger partial charge < -0.3 is 5.32 Å². The second kappa shape index (κ2) is 8.60. The highest BCUT2D eigenvalue weighted by atomic mass is 19.4. The molecule has 1 aliphatic rings. The Kier molecular flexibility index (Phi) is 6.25. The summed E-state index contributed by atoms with van der Waals surface area (Å²) in [6.45, 7) is 0. The van der Waals surface area contributed by atoms with Crippen molar-refractivity contribution in [1.29, 1.82) is 0 Å². The third-order valence-electron chi connectivity index (χ3n) is 4.56. The number of carbonyl (C=O) groups excluding carboxylic acids is 1. The van der Waals surface area contributed by atoms with Crippen molar-refractivity contribution in [2.24, 2.45) is 0 Å². The highest BCUT2D eigenvalue weighted by molar-refractivity contribution is 6.04. The van der Waals surface area contributed by atoms with Gasteiger partial charge >= 0.3 is 12.4 Å². The molecule has 10 heteroatoms. The average molecular weight is 459 g/mol. The number of benzene rings is 2. The summed E-state index contributed by atoms with van der Waals surface area (Å²) in [5.41, 5.74) is -4.16. The minimum Gasteiger partial charge on any atom is -0.322 e. The normalized spacial score (nSPS) is 14.8. The highest BCUT2D eigenvalue weighted by Crippen LogP contribution is 2.40. The Balaban J connectivity index is 1.97. The first-order valence-electron chi connectivity index (χ1n) is 8.99. The van der Waals surface area contributed by atoms with E-state index in [0.717, 1.165) is 48.5 Å². The summed E-state index contributed by atoms with van der Waals surface area (Å²) < 4.78 is 107. The molecule has 0 saturated carbocycles. The van der Waals surface area contributed by atoms with Crippen molar-refractivity contribution in [2.45, 2.75) is 18.8 Å². The van der Waals surface area contributed by atoms with Gasteiger partial charge in [0.05, 0.1) is 5.57 Å². The van der Waals surface area contributed by atoms with Gasteiger partial charge in [0.1, 0.15) is 17.2 Å². The third kappa shape index (κ3) is 5.06. The molecule has 0 heterocycles. The van der Waals surface area contributed by atoms with E-state index in [0.29, 0.717) is 12.2 Å². The summed E-state index contributed by atoms with van der Waals surface area (Å²) in [5, 5.41) is 2.19. The predicted molar refractivity (Wildman–Crippen MR) is 102 cm³/mol. The maximum absolute atomic E-state index is 13.7. The number of nitrogens with one attached hydrogen (secondary N) is 1. The molecule has 0 atom stereocenters. The Morgan fingerprint density at radius 3 is 1.97 bits per heavy atom. The van der Waals surface area contributed by atoms with Crippen molar-refractivity contribution >= 4 is 17.2 Å². The largest absolute Gasteiger partial charge is 0.416 e. The van der Waals surface area contributed by atoms with Crippen LogP contribution in [0, 0.1) is 11.6 Å². The van der Waals surface area contributed by atoms with Crippen molar-refractivity contribution in [3.8, 4) is 0 Å². The number of carbonyl (C=O) groups is 1. The molecule has 3 rings (SSSR count). The van der Waals surface area contributed by atoms with Crippen molar-refractivity contribution in [2.75, 3.05) is 5.32 Å². The van der Waals surface area contributed by atoms with Gasteiger partial charge in [-0.3, -0.25) is 4.79 Å². The fraction of sp³-hybridized carbons (Fsp3) is 0.136. The summed E-state index contributed by atoms with van der Waals surface area (Å²) in [6.07, 6.45) is -8.73. The Hall–Kier alpha value is -3.43. The first-order valence-corrected chi connectivity index (χ1v) is 8.99. The van der Waals surface area contributed by atoms with Crippen molar-refractivity contribution in [3.63, 3.8) is 0 Å². The van der Waals surface area contributed by atoms with E-state index >= 15 is 0 Å². The first kappa shape index (κ1) is 23.2. The molecule has 1 N–H and O–H groups in total. The van der Waals surface area contributed by atoms with Crippen LogP contribution in [0.4, 0.5) is 40.8 Å². The Labute approximate surface area is 176 Å². The Morgan fingerprint density at radius 2 is 1.44 bits per heavy atom. The zero-order chi connectivity index (χ0) is 23.7. The lowest BCUT2D eigenvalue weighted by Gasteiger charge is -2.16. The number of amides is 1. The summed E-state index contributed by atoms with van der Waals surface area (Å²) in [5.74, 6) is -3.37. The van der Waals surface area contributed by atoms with Crippen LogP contribution in [0.5, 0.6) is 0 Å². The van der Waals surface area contributed by atoms with Gasteiger partial charge in [-0.05, 0) is 47.9 Å². The average Bonchev–Trinajstić information content (AvgIpc) is 2.91. The molecular weight excluding hydrogens is 446 g/mol. The molecule has 0 saturated heterocycles. The molecule has 0 fully saturated rings. The predicted octanol–water partition coefficient (Wildman–Crippen LogP) is 6.98. The number of anilines is 1. The SMILES string of the molecule is O=C(Nc1ccc(C2=C(C(F)(F)F)CC=CC(C(F)(F)F)=C2)cc1)c1c(F)cccc1F. The van der Waals surface area contributed by atoms with Crippen LogP contribution in [0.3, 0.4) is 0 Å². The van der Waals surface area contributed by atoms with Crippen LogP contribution < -0.4 is 5.32 Å². The molecular formula is C22H13F8NO. The monoisotopic (exact) mass is 459 g/mol. The highest BCUT2D eigenvalue weighted by Gasteiger charge is 2.38. The smallest absolute Gasteiger partial charge is 0.322 e. The number of rotatable bonds is 3. The van der Waals surface area contributed by atoms with Crippen LogP contribution in [-0.4, -0.2) is 18.3 Å². The molecule has 2 aromatic rings. The molecule has 1 aliphatic carbocycles. The summed E-state index contributed by atoms with van der Waals surface area (Å²) in [4.78, 5) is 12.1. The standard InChI is InChI=1S/C22H13F8NO/c23-17-5-2-6-18(24)19(17)20(32)31-14-9-7-12(8-10-14)15-11-13(21(25,26)27)3-1-4-16(15)22(28,29)30/h1-3,5-11H,4H2,(H,31,32). The van der Waals surface area contributed by atoms with Crippen molar-refractivity contribution in [3.05, 3.63) is 94.6 Å². The fourth-order valence-corrected chi connectivity index (χ4v) is 3.05. The Bertz CT molecular complexity index is 1100. The number of allylic oxidation sites excluding steroid dienone is 6. The zero-order valence-electron chi connectivity index (χ0n) is 15.9. The van der Waals surface area contributed by atoms with Gasteiger partial charge in [0.15, 0.2) is 0 Å². The zero-order valence-corrected chi connectivity index (χ0v) is 15.9. The molecule has 32 heavy (non-hydrogen) atoms. The van der Waals surface area contributed by atoms with E-state index in [1.807, 2.05) is 0 Å². The molecule has 0 spiro atoms. The molecule has 0 bridgehead atoms. The van der Waals surface area contributed by atoms with Gasteiger partial charge in [0.25, 0.3) is 5.91 Å².